The summed E-state index contributed by atoms with van der Waals surface area (Å²) in [5.74, 6) is -0.391. The van der Waals surface area contributed by atoms with Crippen LogP contribution in [-0.4, -0.2) is 31.7 Å². The third kappa shape index (κ3) is 9.16. The van der Waals surface area contributed by atoms with E-state index in [4.69, 9.17) is 0 Å². The Morgan fingerprint density at radius 1 is 1.28 bits per heavy atom. The SMILES string of the molecule is CC(C)C(CCBr)NS(=O)(=O)CCCC(F)(F)F. The van der Waals surface area contributed by atoms with Crippen LogP contribution in [0.2, 0.25) is 0 Å². The molecule has 1 unspecified atom stereocenters. The predicted octanol–water partition coefficient (Wildman–Crippen LogP) is 3.06. The van der Waals surface area contributed by atoms with E-state index in [1.807, 2.05) is 13.8 Å². The number of alkyl halides is 4. The van der Waals surface area contributed by atoms with Crippen LogP contribution < -0.4 is 4.72 Å². The first-order valence-corrected chi connectivity index (χ1v) is 8.47. The van der Waals surface area contributed by atoms with Gasteiger partial charge in [-0.05, 0) is 18.8 Å². The van der Waals surface area contributed by atoms with Crippen molar-refractivity contribution in [3.63, 3.8) is 0 Å². The van der Waals surface area contributed by atoms with Gasteiger partial charge in [0.2, 0.25) is 10.0 Å². The second-order valence-electron chi connectivity index (χ2n) is 4.48. The molecule has 0 heterocycles. The minimum absolute atomic E-state index is 0.0972. The lowest BCUT2D eigenvalue weighted by molar-refractivity contribution is -0.134. The Morgan fingerprint density at radius 3 is 2.22 bits per heavy atom. The van der Waals surface area contributed by atoms with Crippen LogP contribution in [0.1, 0.15) is 33.1 Å². The van der Waals surface area contributed by atoms with Crippen molar-refractivity contribution >= 4 is 26.0 Å². The highest BCUT2D eigenvalue weighted by Gasteiger charge is 2.28. The molecular formula is C10H19BrF3NO2S. The molecule has 0 aliphatic carbocycles. The van der Waals surface area contributed by atoms with E-state index in [9.17, 15) is 21.6 Å². The van der Waals surface area contributed by atoms with Gasteiger partial charge < -0.3 is 0 Å². The van der Waals surface area contributed by atoms with Crippen LogP contribution in [0.3, 0.4) is 0 Å². The van der Waals surface area contributed by atoms with Gasteiger partial charge in [-0.2, -0.15) is 13.2 Å². The summed E-state index contributed by atoms with van der Waals surface area (Å²) in [6.45, 7) is 3.73. The van der Waals surface area contributed by atoms with Crippen LogP contribution in [0.5, 0.6) is 0 Å². The molecule has 0 aliphatic rings. The first-order chi connectivity index (χ1) is 8.07. The van der Waals surface area contributed by atoms with E-state index in [-0.39, 0.29) is 12.0 Å². The summed E-state index contributed by atoms with van der Waals surface area (Å²) in [7, 11) is -3.64. The van der Waals surface area contributed by atoms with Gasteiger partial charge in [-0.3, -0.25) is 0 Å². The highest BCUT2D eigenvalue weighted by molar-refractivity contribution is 9.09. The average Bonchev–Trinajstić information content (AvgIpc) is 2.13. The highest BCUT2D eigenvalue weighted by atomic mass is 79.9. The lowest BCUT2D eigenvalue weighted by atomic mass is 10.0. The molecule has 0 saturated carbocycles. The number of hydrogen-bond donors (Lipinski definition) is 1. The molecule has 0 saturated heterocycles. The van der Waals surface area contributed by atoms with Crippen molar-refractivity contribution in [2.45, 2.75) is 45.3 Å². The smallest absolute Gasteiger partial charge is 0.212 e. The molecule has 0 rings (SSSR count). The maximum absolute atomic E-state index is 11.9. The van der Waals surface area contributed by atoms with E-state index in [1.165, 1.54) is 0 Å². The van der Waals surface area contributed by atoms with E-state index in [0.29, 0.717) is 11.8 Å². The predicted molar refractivity (Wildman–Crippen MR) is 69.2 cm³/mol. The molecule has 3 nitrogen and oxygen atoms in total. The Bertz CT molecular complexity index is 331. The van der Waals surface area contributed by atoms with Gasteiger partial charge in [0.25, 0.3) is 0 Å². The third-order valence-electron chi connectivity index (χ3n) is 2.43. The number of nitrogens with one attached hydrogen (secondary N) is 1. The van der Waals surface area contributed by atoms with Crippen LogP contribution in [-0.2, 0) is 10.0 Å². The Morgan fingerprint density at radius 2 is 1.83 bits per heavy atom. The van der Waals surface area contributed by atoms with Gasteiger partial charge in [0.05, 0.1) is 5.75 Å². The maximum Gasteiger partial charge on any atom is 0.389 e. The molecule has 110 valence electrons. The molecule has 0 aliphatic heterocycles. The summed E-state index contributed by atoms with van der Waals surface area (Å²) in [5.41, 5.74) is 0. The maximum atomic E-state index is 11.9. The second-order valence-corrected chi connectivity index (χ2v) is 7.15. The topological polar surface area (TPSA) is 46.2 Å². The van der Waals surface area contributed by atoms with E-state index in [0.717, 1.165) is 0 Å². The molecular weight excluding hydrogens is 335 g/mol. The first kappa shape index (κ1) is 18.2. The molecule has 8 heteroatoms. The first-order valence-electron chi connectivity index (χ1n) is 5.70. The van der Waals surface area contributed by atoms with Crippen molar-refractivity contribution in [1.29, 1.82) is 0 Å². The second kappa shape index (κ2) is 7.69. The number of rotatable bonds is 8. The fraction of sp³-hybridized carbons (Fsp3) is 1.00. The van der Waals surface area contributed by atoms with Crippen LogP contribution in [0.25, 0.3) is 0 Å². The molecule has 0 fully saturated rings. The number of halogens is 4. The fourth-order valence-electron chi connectivity index (χ4n) is 1.40. The van der Waals surface area contributed by atoms with Crippen molar-refractivity contribution in [2.24, 2.45) is 5.92 Å². The van der Waals surface area contributed by atoms with Gasteiger partial charge in [0.15, 0.2) is 0 Å². The van der Waals surface area contributed by atoms with E-state index in [1.54, 1.807) is 0 Å². The van der Waals surface area contributed by atoms with Gasteiger partial charge >= 0.3 is 6.18 Å². The minimum Gasteiger partial charge on any atom is -0.212 e. The standard InChI is InChI=1S/C10H19BrF3NO2S/c1-8(2)9(4-6-11)15-18(16,17)7-3-5-10(12,13)14/h8-9,15H,3-7H2,1-2H3. The van der Waals surface area contributed by atoms with Crippen LogP contribution in [0.4, 0.5) is 13.2 Å². The van der Waals surface area contributed by atoms with Crippen molar-refractivity contribution in [3.05, 3.63) is 0 Å². The monoisotopic (exact) mass is 353 g/mol. The van der Waals surface area contributed by atoms with Gasteiger partial charge in [-0.1, -0.05) is 29.8 Å². The minimum atomic E-state index is -4.30. The van der Waals surface area contributed by atoms with Crippen molar-refractivity contribution in [1.82, 2.24) is 4.72 Å². The van der Waals surface area contributed by atoms with Gasteiger partial charge in [-0.25, -0.2) is 13.1 Å². The van der Waals surface area contributed by atoms with E-state index in [2.05, 4.69) is 20.7 Å². The van der Waals surface area contributed by atoms with Crippen molar-refractivity contribution in [2.75, 3.05) is 11.1 Å². The molecule has 0 spiro atoms. The lowest BCUT2D eigenvalue weighted by Crippen LogP contribution is -2.40. The summed E-state index contributed by atoms with van der Waals surface area (Å²) < 4.78 is 61.4. The molecule has 18 heavy (non-hydrogen) atoms. The molecule has 1 atom stereocenters. The summed E-state index contributed by atoms with van der Waals surface area (Å²) in [6, 6.07) is -0.250. The largest absolute Gasteiger partial charge is 0.389 e. The Kier molecular flexibility index (Phi) is 7.77. The molecule has 0 amide bonds. The molecule has 0 aromatic rings. The zero-order valence-electron chi connectivity index (χ0n) is 10.4. The van der Waals surface area contributed by atoms with Crippen LogP contribution in [0.15, 0.2) is 0 Å². The van der Waals surface area contributed by atoms with Crippen molar-refractivity contribution in [3.8, 4) is 0 Å². The molecule has 0 aromatic heterocycles. The summed E-state index contributed by atoms with van der Waals surface area (Å²) in [6.07, 6.45) is -5.17. The summed E-state index contributed by atoms with van der Waals surface area (Å²) in [5, 5.41) is 0.640. The average molecular weight is 354 g/mol. The normalized spacial score (nSPS) is 15.1. The molecule has 0 bridgehead atoms. The molecule has 0 radical (unpaired) electrons. The van der Waals surface area contributed by atoms with E-state index < -0.39 is 34.8 Å². The third-order valence-corrected chi connectivity index (χ3v) is 4.37. The number of hydrogen-bond acceptors (Lipinski definition) is 2. The van der Waals surface area contributed by atoms with Crippen molar-refractivity contribution < 1.29 is 21.6 Å². The van der Waals surface area contributed by atoms with E-state index >= 15 is 0 Å². The summed E-state index contributed by atoms with van der Waals surface area (Å²) in [4.78, 5) is 0. The molecule has 0 aromatic carbocycles. The van der Waals surface area contributed by atoms with Crippen LogP contribution in [0, 0.1) is 5.92 Å². The highest BCUT2D eigenvalue weighted by Crippen LogP contribution is 2.21. The lowest BCUT2D eigenvalue weighted by Gasteiger charge is -2.21. The summed E-state index contributed by atoms with van der Waals surface area (Å²) >= 11 is 3.22. The van der Waals surface area contributed by atoms with Gasteiger partial charge in [0.1, 0.15) is 0 Å². The Hall–Kier alpha value is 0.180. The van der Waals surface area contributed by atoms with Gasteiger partial charge in [-0.15, -0.1) is 0 Å². The quantitative estimate of drug-likeness (QED) is 0.681. The Balaban J connectivity index is 4.28. The van der Waals surface area contributed by atoms with Gasteiger partial charge in [0, 0.05) is 17.8 Å². The van der Waals surface area contributed by atoms with Crippen LogP contribution >= 0.6 is 15.9 Å². The fourth-order valence-corrected chi connectivity index (χ4v) is 3.38. The number of sulfonamides is 1. The zero-order chi connectivity index (χ0) is 14.4. The molecule has 1 N–H and O–H groups in total. The Labute approximate surface area is 115 Å². The zero-order valence-corrected chi connectivity index (χ0v) is 12.8.